The highest BCUT2D eigenvalue weighted by Crippen LogP contribution is 2.65. The number of nitrogens with zero attached hydrogens (tertiary/aromatic N) is 2. The Kier molecular flexibility index (Phi) is 12.5. The third-order valence-electron chi connectivity index (χ3n) is 13.6. The van der Waals surface area contributed by atoms with Gasteiger partial charge in [-0.2, -0.15) is 4.31 Å². The van der Waals surface area contributed by atoms with E-state index in [-0.39, 0.29) is 35.6 Å². The molecule has 0 radical (unpaired) electrons. The number of ketones is 1. The first-order valence-electron chi connectivity index (χ1n) is 20.3. The number of Topliss-reactive ketones (excluding diaryl/α,β-unsaturated/α-hetero) is 1. The van der Waals surface area contributed by atoms with Gasteiger partial charge in [-0.15, -0.1) is 0 Å². The Hall–Kier alpha value is -2.81. The molecule has 5 fully saturated rings. The molecule has 5 amide bonds. The van der Waals surface area contributed by atoms with E-state index in [1.165, 1.54) is 20.9 Å². The summed E-state index contributed by atoms with van der Waals surface area (Å²) in [5, 5.41) is 11.6. The Bertz CT molecular complexity index is 1550. The van der Waals surface area contributed by atoms with Crippen LogP contribution in [0.2, 0.25) is 0 Å². The van der Waals surface area contributed by atoms with Crippen LogP contribution in [0.3, 0.4) is 0 Å². The van der Waals surface area contributed by atoms with Crippen LogP contribution in [0.25, 0.3) is 0 Å². The minimum atomic E-state index is -4.00. The van der Waals surface area contributed by atoms with Gasteiger partial charge in [-0.3, -0.25) is 19.2 Å². The zero-order valence-corrected chi connectivity index (χ0v) is 34.3. The van der Waals surface area contributed by atoms with Crippen molar-refractivity contribution in [3.8, 4) is 0 Å². The number of sulfonamides is 1. The lowest BCUT2D eigenvalue weighted by Crippen LogP contribution is -2.65. The second kappa shape index (κ2) is 16.0. The number of carbonyl (C=O) groups is 5. The van der Waals surface area contributed by atoms with E-state index in [1.54, 1.807) is 4.90 Å². The van der Waals surface area contributed by atoms with Gasteiger partial charge in [-0.25, -0.2) is 17.6 Å². The molecule has 0 bridgehead atoms. The fraction of sp³-hybridized carbons (Fsp3) is 0.872. The predicted octanol–water partition coefficient (Wildman–Crippen LogP) is 3.95. The monoisotopic (exact) mass is 780 g/mol. The van der Waals surface area contributed by atoms with Crippen molar-refractivity contribution in [2.75, 3.05) is 26.0 Å². The Morgan fingerprint density at radius 1 is 0.926 bits per heavy atom. The third kappa shape index (κ3) is 8.92. The van der Waals surface area contributed by atoms with Crippen molar-refractivity contribution in [3.63, 3.8) is 0 Å². The maximum Gasteiger partial charge on any atom is 0.315 e. The minimum Gasteiger partial charge on any atom is -0.347 e. The summed E-state index contributed by atoms with van der Waals surface area (Å²) in [4.78, 5) is 70.8. The number of hydrogen-bond acceptors (Lipinski definition) is 7. The molecule has 0 aromatic heterocycles. The normalized spacial score (nSPS) is 26.9. The summed E-state index contributed by atoms with van der Waals surface area (Å²) in [5.41, 5.74) is -3.22. The average Bonchev–Trinajstić information content (AvgIpc) is 3.97. The number of nitrogens with one attached hydrogen (secondary N) is 4. The van der Waals surface area contributed by atoms with Crippen LogP contribution in [0.4, 0.5) is 9.18 Å². The fourth-order valence-corrected chi connectivity index (χ4v) is 11.5. The highest BCUT2D eigenvalue weighted by atomic mass is 32.2. The highest BCUT2D eigenvalue weighted by Gasteiger charge is 2.70. The SMILES string of the molecule is CCC[C@H](NC(=O)[C@@H]1[C@@H]2[C@H](CN1C(=O)[C@@H](NC(=O)NC1(CS(=O)(=O)N(C)C(C)(C)CF)CCCCC1)C1(C)CCCCC1)C2(C)C)C(=O)C(=O)NC1CC1. The van der Waals surface area contributed by atoms with Crippen LogP contribution >= 0.6 is 0 Å². The molecule has 1 aliphatic heterocycles. The maximum atomic E-state index is 14.9. The van der Waals surface area contributed by atoms with E-state index < -0.39 is 80.7 Å². The first-order chi connectivity index (χ1) is 25.2. The zero-order chi connectivity index (χ0) is 39.9. The van der Waals surface area contributed by atoms with E-state index >= 15 is 0 Å². The molecular weight excluding hydrogens is 716 g/mol. The maximum absolute atomic E-state index is 14.9. The van der Waals surface area contributed by atoms with Crippen molar-refractivity contribution < 1.29 is 36.8 Å². The molecule has 1 saturated heterocycles. The molecule has 0 unspecified atom stereocenters. The molecule has 5 aliphatic rings. The summed E-state index contributed by atoms with van der Waals surface area (Å²) in [6.07, 6.45) is 9.73. The van der Waals surface area contributed by atoms with Gasteiger partial charge in [0.1, 0.15) is 18.8 Å². The van der Waals surface area contributed by atoms with Gasteiger partial charge in [-0.05, 0) is 81.5 Å². The van der Waals surface area contributed by atoms with E-state index in [0.717, 1.165) is 42.8 Å². The van der Waals surface area contributed by atoms with Crippen LogP contribution < -0.4 is 21.3 Å². The van der Waals surface area contributed by atoms with Crippen molar-refractivity contribution >= 4 is 39.6 Å². The van der Waals surface area contributed by atoms with E-state index in [9.17, 15) is 36.8 Å². The predicted molar refractivity (Wildman–Crippen MR) is 203 cm³/mol. The lowest BCUT2D eigenvalue weighted by atomic mass is 9.70. The smallest absolute Gasteiger partial charge is 0.315 e. The fourth-order valence-electron chi connectivity index (χ4n) is 9.47. The van der Waals surface area contributed by atoms with Gasteiger partial charge in [0.05, 0.1) is 22.9 Å². The number of alkyl halides is 1. The van der Waals surface area contributed by atoms with E-state index in [0.29, 0.717) is 51.5 Å². The lowest BCUT2D eigenvalue weighted by molar-refractivity contribution is -0.146. The number of fused-ring (bicyclic) bond motifs is 1. The summed E-state index contributed by atoms with van der Waals surface area (Å²) >= 11 is 0. The van der Waals surface area contributed by atoms with Crippen LogP contribution in [0, 0.1) is 22.7 Å². The molecule has 0 aromatic rings. The van der Waals surface area contributed by atoms with Crippen LogP contribution in [0.5, 0.6) is 0 Å². The van der Waals surface area contributed by atoms with Gasteiger partial charge in [0.15, 0.2) is 0 Å². The lowest BCUT2D eigenvalue weighted by Gasteiger charge is -2.44. The van der Waals surface area contributed by atoms with Crippen molar-refractivity contribution in [1.82, 2.24) is 30.5 Å². The Labute approximate surface area is 321 Å². The van der Waals surface area contributed by atoms with Crippen LogP contribution in [0.1, 0.15) is 131 Å². The quantitative estimate of drug-likeness (QED) is 0.172. The third-order valence-corrected chi connectivity index (χ3v) is 15.8. The molecule has 4 aliphatic carbocycles. The molecule has 54 heavy (non-hydrogen) atoms. The van der Waals surface area contributed by atoms with Gasteiger partial charge in [-0.1, -0.05) is 72.6 Å². The number of hydrogen-bond donors (Lipinski definition) is 4. The molecule has 15 heteroatoms. The number of likely N-dealkylation sites (tertiary alicyclic amines) is 1. The molecule has 4 saturated carbocycles. The molecule has 5 atom stereocenters. The molecule has 4 N–H and O–H groups in total. The summed E-state index contributed by atoms with van der Waals surface area (Å²) in [6.45, 7) is 10.5. The molecule has 1 heterocycles. The van der Waals surface area contributed by atoms with Gasteiger partial charge >= 0.3 is 6.03 Å². The van der Waals surface area contributed by atoms with Crippen LogP contribution in [-0.2, 0) is 29.2 Å². The number of halogens is 1. The van der Waals surface area contributed by atoms with E-state index in [1.807, 2.05) is 13.8 Å². The molecule has 0 aromatic carbocycles. The second-order valence-corrected chi connectivity index (χ2v) is 20.6. The molecule has 0 spiro atoms. The molecular formula is C39H65FN6O7S. The summed E-state index contributed by atoms with van der Waals surface area (Å²) < 4.78 is 42.3. The van der Waals surface area contributed by atoms with Crippen LogP contribution in [-0.4, -0.2) is 108 Å². The summed E-state index contributed by atoms with van der Waals surface area (Å²) in [6, 6.07) is -3.57. The van der Waals surface area contributed by atoms with Crippen molar-refractivity contribution in [2.24, 2.45) is 22.7 Å². The van der Waals surface area contributed by atoms with Gasteiger partial charge in [0, 0.05) is 19.6 Å². The average molecular weight is 781 g/mol. The summed E-state index contributed by atoms with van der Waals surface area (Å²) in [7, 11) is -2.64. The molecule has 306 valence electrons. The Balaban J connectivity index is 1.39. The van der Waals surface area contributed by atoms with Gasteiger partial charge < -0.3 is 26.2 Å². The minimum absolute atomic E-state index is 0.00887. The molecule has 13 nitrogen and oxygen atoms in total. The Morgan fingerprint density at radius 2 is 1.52 bits per heavy atom. The van der Waals surface area contributed by atoms with Crippen molar-refractivity contribution in [1.29, 1.82) is 0 Å². The van der Waals surface area contributed by atoms with Gasteiger partial charge in [0.2, 0.25) is 27.6 Å². The topological polar surface area (TPSA) is 174 Å². The first kappa shape index (κ1) is 42.3. The van der Waals surface area contributed by atoms with E-state index in [4.69, 9.17) is 0 Å². The second-order valence-electron chi connectivity index (χ2n) is 18.6. The van der Waals surface area contributed by atoms with Crippen LogP contribution in [0.15, 0.2) is 0 Å². The number of amides is 5. The van der Waals surface area contributed by atoms with Crippen molar-refractivity contribution in [2.45, 2.75) is 167 Å². The first-order valence-corrected chi connectivity index (χ1v) is 21.9. The van der Waals surface area contributed by atoms with Crippen molar-refractivity contribution in [3.05, 3.63) is 0 Å². The van der Waals surface area contributed by atoms with E-state index in [2.05, 4.69) is 35.1 Å². The standard InChI is InChI=1S/C39H65FN6O7S/c1-8-15-27(30(47)33(49)41-25-16-17-25)42-32(48)29-28-26(37(28,4)5)22-46(29)34(50)31(38(6)18-11-9-12-19-38)43-35(51)44-39(20-13-10-14-21-39)24-54(52,53)45(7)36(2,3)23-40/h25-29,31H,8-24H2,1-7H3,(H,41,49)(H,42,48)(H2,43,44,51)/t26-,27-,28-,29-,31+/m0/s1. The summed E-state index contributed by atoms with van der Waals surface area (Å²) in [5.74, 6) is -2.76. The van der Waals surface area contributed by atoms with Gasteiger partial charge in [0.25, 0.3) is 5.91 Å². The number of rotatable bonds is 16. The zero-order valence-electron chi connectivity index (χ0n) is 33.5. The number of piperidine rings is 1. The number of carbonyl (C=O) groups excluding carboxylic acids is 5. The number of urea groups is 1. The molecule has 5 rings (SSSR count). The Morgan fingerprint density at radius 3 is 2.07 bits per heavy atom. The highest BCUT2D eigenvalue weighted by molar-refractivity contribution is 7.89. The largest absolute Gasteiger partial charge is 0.347 e.